The lowest BCUT2D eigenvalue weighted by atomic mass is 10.1. The van der Waals surface area contributed by atoms with Crippen LogP contribution < -0.4 is 10.2 Å². The summed E-state index contributed by atoms with van der Waals surface area (Å²) in [6.45, 7) is 1.09. The van der Waals surface area contributed by atoms with Crippen LogP contribution in [0.4, 0.5) is 17.3 Å². The number of amides is 2. The molecule has 0 unspecified atom stereocenters. The molecule has 2 aromatic carbocycles. The zero-order valence-corrected chi connectivity index (χ0v) is 17.1. The monoisotopic (exact) mass is 435 g/mol. The lowest BCUT2D eigenvalue weighted by molar-refractivity contribution is -0.384. The number of rotatable bonds is 6. The molecule has 10 nitrogen and oxygen atoms in total. The Bertz CT molecular complexity index is 1200. The molecule has 2 aliphatic heterocycles. The largest absolute Gasteiger partial charge is 0.376 e. The van der Waals surface area contributed by atoms with E-state index in [0.29, 0.717) is 24.8 Å². The summed E-state index contributed by atoms with van der Waals surface area (Å²) in [5.74, 6) is -0.0210. The summed E-state index contributed by atoms with van der Waals surface area (Å²) >= 11 is 0. The number of nitrogens with zero attached hydrogens (tertiary/aromatic N) is 4. The SMILES string of the molecule is O=C(C[C@H]1C(=O)N(C[C@H]2CCCO2)c2nc3ccccc3n21)Nc1ccc([N+](=O)[O-])cc1. The number of ether oxygens (including phenoxy) is 1. The molecule has 5 rings (SSSR count). The van der Waals surface area contributed by atoms with E-state index in [4.69, 9.17) is 4.74 Å². The van der Waals surface area contributed by atoms with Gasteiger partial charge in [-0.2, -0.15) is 0 Å². The molecule has 2 atom stereocenters. The minimum absolute atomic E-state index is 0.0418. The molecule has 1 fully saturated rings. The van der Waals surface area contributed by atoms with Crippen molar-refractivity contribution in [3.8, 4) is 0 Å². The van der Waals surface area contributed by atoms with Gasteiger partial charge < -0.3 is 10.1 Å². The first-order chi connectivity index (χ1) is 15.5. The van der Waals surface area contributed by atoms with Crippen LogP contribution in [-0.2, 0) is 14.3 Å². The summed E-state index contributed by atoms with van der Waals surface area (Å²) in [4.78, 5) is 42.7. The number of carbonyl (C=O) groups excluding carboxylic acids is 2. The minimum Gasteiger partial charge on any atom is -0.376 e. The van der Waals surface area contributed by atoms with Gasteiger partial charge in [-0.05, 0) is 37.1 Å². The predicted octanol–water partition coefficient (Wildman–Crippen LogP) is 3.04. The van der Waals surface area contributed by atoms with E-state index in [1.807, 2.05) is 28.8 Å². The fourth-order valence-electron chi connectivity index (χ4n) is 4.31. The molecule has 1 aromatic heterocycles. The van der Waals surface area contributed by atoms with Gasteiger partial charge in [-0.3, -0.25) is 29.2 Å². The van der Waals surface area contributed by atoms with Crippen LogP contribution in [-0.4, -0.2) is 45.5 Å². The summed E-state index contributed by atoms with van der Waals surface area (Å²) in [7, 11) is 0. The highest BCUT2D eigenvalue weighted by Crippen LogP contribution is 2.37. The molecule has 2 aliphatic rings. The number of fused-ring (bicyclic) bond motifs is 3. The maximum Gasteiger partial charge on any atom is 0.269 e. The van der Waals surface area contributed by atoms with Gasteiger partial charge in [0.05, 0.1) is 35.0 Å². The number of carbonyl (C=O) groups is 2. The van der Waals surface area contributed by atoms with Crippen molar-refractivity contribution in [3.05, 3.63) is 58.6 Å². The molecule has 0 spiro atoms. The second kappa shape index (κ2) is 8.04. The summed E-state index contributed by atoms with van der Waals surface area (Å²) < 4.78 is 7.54. The Labute approximate surface area is 182 Å². The summed E-state index contributed by atoms with van der Waals surface area (Å²) in [5.41, 5.74) is 1.91. The second-order valence-corrected chi connectivity index (χ2v) is 7.93. The molecule has 3 heterocycles. The molecule has 10 heteroatoms. The van der Waals surface area contributed by atoms with Crippen molar-refractivity contribution in [1.82, 2.24) is 9.55 Å². The number of imidazole rings is 1. The van der Waals surface area contributed by atoms with Crippen LogP contribution in [0.15, 0.2) is 48.5 Å². The Balaban J connectivity index is 1.40. The van der Waals surface area contributed by atoms with Gasteiger partial charge in [-0.1, -0.05) is 12.1 Å². The van der Waals surface area contributed by atoms with Gasteiger partial charge in [-0.15, -0.1) is 0 Å². The zero-order valence-electron chi connectivity index (χ0n) is 17.1. The molecule has 0 aliphatic carbocycles. The van der Waals surface area contributed by atoms with Crippen molar-refractivity contribution in [2.45, 2.75) is 31.4 Å². The molecule has 1 saturated heterocycles. The molecule has 0 saturated carbocycles. The van der Waals surface area contributed by atoms with Gasteiger partial charge in [0.15, 0.2) is 0 Å². The highest BCUT2D eigenvalue weighted by molar-refractivity contribution is 6.05. The van der Waals surface area contributed by atoms with Crippen LogP contribution in [0.5, 0.6) is 0 Å². The first-order valence-electron chi connectivity index (χ1n) is 10.5. The Kier molecular flexibility index (Phi) is 5.06. The van der Waals surface area contributed by atoms with Crippen molar-refractivity contribution in [2.75, 3.05) is 23.4 Å². The molecule has 3 aromatic rings. The van der Waals surface area contributed by atoms with Crippen LogP contribution in [0.3, 0.4) is 0 Å². The van der Waals surface area contributed by atoms with Crippen LogP contribution in [0.25, 0.3) is 11.0 Å². The predicted molar refractivity (Wildman–Crippen MR) is 116 cm³/mol. The third kappa shape index (κ3) is 3.58. The van der Waals surface area contributed by atoms with Gasteiger partial charge in [-0.25, -0.2) is 4.98 Å². The number of aromatic nitrogens is 2. The van der Waals surface area contributed by atoms with E-state index in [2.05, 4.69) is 10.3 Å². The van der Waals surface area contributed by atoms with Gasteiger partial charge >= 0.3 is 0 Å². The van der Waals surface area contributed by atoms with Crippen molar-refractivity contribution in [3.63, 3.8) is 0 Å². The Morgan fingerprint density at radius 2 is 2.00 bits per heavy atom. The first-order valence-corrected chi connectivity index (χ1v) is 10.5. The number of benzene rings is 2. The summed E-state index contributed by atoms with van der Waals surface area (Å²) in [6, 6.07) is 12.4. The molecule has 1 N–H and O–H groups in total. The average Bonchev–Trinajstić information content (AvgIpc) is 3.48. The topological polar surface area (TPSA) is 120 Å². The Morgan fingerprint density at radius 3 is 2.72 bits per heavy atom. The van der Waals surface area contributed by atoms with Crippen molar-refractivity contribution in [2.24, 2.45) is 0 Å². The zero-order chi connectivity index (χ0) is 22.2. The van der Waals surface area contributed by atoms with Crippen LogP contribution in [0.2, 0.25) is 0 Å². The number of para-hydroxylation sites is 2. The highest BCUT2D eigenvalue weighted by Gasteiger charge is 2.42. The van der Waals surface area contributed by atoms with Gasteiger partial charge in [0.25, 0.3) is 11.6 Å². The normalized spacial score (nSPS) is 20.0. The van der Waals surface area contributed by atoms with E-state index in [1.54, 1.807) is 4.90 Å². The van der Waals surface area contributed by atoms with E-state index in [1.165, 1.54) is 24.3 Å². The second-order valence-electron chi connectivity index (χ2n) is 7.93. The maximum atomic E-state index is 13.3. The van der Waals surface area contributed by atoms with E-state index in [-0.39, 0.29) is 30.0 Å². The third-order valence-corrected chi connectivity index (χ3v) is 5.83. The number of nitro groups is 1. The van der Waals surface area contributed by atoms with E-state index >= 15 is 0 Å². The maximum absolute atomic E-state index is 13.3. The molecule has 0 bridgehead atoms. The van der Waals surface area contributed by atoms with Gasteiger partial charge in [0, 0.05) is 24.4 Å². The Hall–Kier alpha value is -3.79. The number of non-ortho nitro benzene ring substituents is 1. The quantitative estimate of drug-likeness (QED) is 0.469. The van der Waals surface area contributed by atoms with Crippen molar-refractivity contribution >= 4 is 40.2 Å². The summed E-state index contributed by atoms with van der Waals surface area (Å²) in [5, 5.41) is 13.5. The number of hydrogen-bond acceptors (Lipinski definition) is 6. The third-order valence-electron chi connectivity index (χ3n) is 5.83. The molecule has 32 heavy (non-hydrogen) atoms. The fraction of sp³-hybridized carbons (Fsp3) is 0.318. The highest BCUT2D eigenvalue weighted by atomic mass is 16.6. The van der Waals surface area contributed by atoms with Crippen molar-refractivity contribution < 1.29 is 19.2 Å². The smallest absolute Gasteiger partial charge is 0.269 e. The summed E-state index contributed by atoms with van der Waals surface area (Å²) in [6.07, 6.45) is 1.73. The Morgan fingerprint density at radius 1 is 1.22 bits per heavy atom. The first kappa shape index (κ1) is 20.1. The van der Waals surface area contributed by atoms with E-state index in [9.17, 15) is 19.7 Å². The van der Waals surface area contributed by atoms with Crippen LogP contribution >= 0.6 is 0 Å². The van der Waals surface area contributed by atoms with Crippen molar-refractivity contribution in [1.29, 1.82) is 0 Å². The number of nitrogens with one attached hydrogen (secondary N) is 1. The van der Waals surface area contributed by atoms with Crippen LogP contribution in [0, 0.1) is 10.1 Å². The molecule has 2 amide bonds. The van der Waals surface area contributed by atoms with E-state index < -0.39 is 11.0 Å². The fourth-order valence-corrected chi connectivity index (χ4v) is 4.31. The van der Waals surface area contributed by atoms with E-state index in [0.717, 1.165) is 23.9 Å². The standard InChI is InChI=1S/C22H21N5O5/c28-20(23-14-7-9-15(10-8-14)27(30)31)12-19-21(29)25(13-16-4-3-11-32-16)22-24-17-5-1-2-6-18(17)26(19)22/h1-2,5-10,16,19H,3-4,11-13H2,(H,23,28)/t16-,19+/m1/s1. The number of hydrogen-bond donors (Lipinski definition) is 1. The molecular weight excluding hydrogens is 414 g/mol. The lowest BCUT2D eigenvalue weighted by Gasteiger charge is -2.19. The molecule has 0 radical (unpaired) electrons. The number of anilines is 2. The minimum atomic E-state index is -0.725. The number of nitro benzene ring substituents is 1. The molecule has 164 valence electrons. The van der Waals surface area contributed by atoms with Gasteiger partial charge in [0.1, 0.15) is 6.04 Å². The van der Waals surface area contributed by atoms with Gasteiger partial charge in [0.2, 0.25) is 11.9 Å². The van der Waals surface area contributed by atoms with Crippen LogP contribution in [0.1, 0.15) is 25.3 Å². The lowest BCUT2D eigenvalue weighted by Crippen LogP contribution is -2.37. The average molecular weight is 435 g/mol. The molecular formula is C22H21N5O5.